The number of benzene rings is 1. The maximum Gasteiger partial charge on any atom is 0.335 e. The van der Waals surface area contributed by atoms with Crippen molar-refractivity contribution in [2.24, 2.45) is 9.63 Å². The third-order valence-corrected chi connectivity index (χ3v) is 2.92. The molecule has 0 bridgehead atoms. The number of rotatable bonds is 7. The van der Waals surface area contributed by atoms with Gasteiger partial charge in [-0.05, 0) is 24.3 Å². The van der Waals surface area contributed by atoms with E-state index in [1.807, 2.05) is 0 Å². The van der Waals surface area contributed by atoms with Crippen molar-refractivity contribution in [3.05, 3.63) is 29.8 Å². The third kappa shape index (κ3) is 6.04. The highest BCUT2D eigenvalue weighted by molar-refractivity contribution is 7.97. The van der Waals surface area contributed by atoms with Crippen LogP contribution in [0.5, 0.6) is 0 Å². The Bertz CT molecular complexity index is 559. The van der Waals surface area contributed by atoms with Gasteiger partial charge in [0.15, 0.2) is 0 Å². The lowest BCUT2D eigenvalue weighted by atomic mass is 10.2. The van der Waals surface area contributed by atoms with E-state index >= 15 is 0 Å². The molecule has 0 aromatic heterocycles. The third-order valence-electron chi connectivity index (χ3n) is 2.25. The van der Waals surface area contributed by atoms with E-state index in [9.17, 15) is 14.4 Å². The lowest BCUT2D eigenvalue weighted by Gasteiger charge is -2.10. The largest absolute Gasteiger partial charge is 0.480 e. The molecule has 0 aliphatic carbocycles. The highest BCUT2D eigenvalue weighted by atomic mass is 32.2. The summed E-state index contributed by atoms with van der Waals surface area (Å²) in [6.07, 6.45) is 0. The summed E-state index contributed by atoms with van der Waals surface area (Å²) in [6.45, 7) is 1.23. The first-order valence-electron chi connectivity index (χ1n) is 5.76. The lowest BCUT2D eigenvalue weighted by Crippen LogP contribution is -2.41. The molecule has 0 spiro atoms. The first-order chi connectivity index (χ1) is 9.90. The minimum absolute atomic E-state index is 0.0334. The molecule has 0 heterocycles. The standard InChI is InChI=1S/C12H13N3O5S/c1-7(16)13-10(12(19)20)6-21-15-14-9-4-2-8(3-5-9)11(17)18/h2-5,10H,6H2,1H3,(H,13,16)(H,17,18)(H,19,20)/t10-/m1/s1. The van der Waals surface area contributed by atoms with Gasteiger partial charge in [-0.15, -0.1) is 9.63 Å². The van der Waals surface area contributed by atoms with E-state index in [1.54, 1.807) is 0 Å². The topological polar surface area (TPSA) is 128 Å². The molecule has 1 rings (SSSR count). The van der Waals surface area contributed by atoms with Crippen molar-refractivity contribution in [3.8, 4) is 0 Å². The predicted molar refractivity (Wildman–Crippen MR) is 75.6 cm³/mol. The smallest absolute Gasteiger partial charge is 0.335 e. The van der Waals surface area contributed by atoms with Gasteiger partial charge < -0.3 is 15.5 Å². The van der Waals surface area contributed by atoms with Gasteiger partial charge in [-0.25, -0.2) is 9.59 Å². The van der Waals surface area contributed by atoms with E-state index in [2.05, 4.69) is 15.0 Å². The van der Waals surface area contributed by atoms with Crippen molar-refractivity contribution in [3.63, 3.8) is 0 Å². The molecule has 1 aromatic rings. The van der Waals surface area contributed by atoms with Crippen molar-refractivity contribution in [2.75, 3.05) is 5.75 Å². The van der Waals surface area contributed by atoms with Crippen LogP contribution in [0.25, 0.3) is 0 Å². The number of nitrogens with one attached hydrogen (secondary N) is 1. The number of aliphatic carboxylic acids is 1. The molecule has 0 unspecified atom stereocenters. The monoisotopic (exact) mass is 311 g/mol. The van der Waals surface area contributed by atoms with Crippen LogP contribution in [-0.2, 0) is 9.59 Å². The van der Waals surface area contributed by atoms with Crippen LogP contribution in [0.1, 0.15) is 17.3 Å². The van der Waals surface area contributed by atoms with E-state index in [0.717, 1.165) is 11.9 Å². The minimum atomic E-state index is -1.15. The van der Waals surface area contributed by atoms with Gasteiger partial charge in [-0.3, -0.25) is 4.79 Å². The van der Waals surface area contributed by atoms with Gasteiger partial charge in [0.1, 0.15) is 6.04 Å². The molecule has 1 amide bonds. The molecule has 0 radical (unpaired) electrons. The fourth-order valence-electron chi connectivity index (χ4n) is 1.27. The first kappa shape index (κ1) is 16.6. The molecule has 112 valence electrons. The maximum absolute atomic E-state index is 10.8. The van der Waals surface area contributed by atoms with Crippen molar-refractivity contribution >= 4 is 35.5 Å². The van der Waals surface area contributed by atoms with Crippen LogP contribution < -0.4 is 5.32 Å². The second-order valence-corrected chi connectivity index (χ2v) is 4.68. The average molecular weight is 311 g/mol. The predicted octanol–water partition coefficient (Wildman–Crippen LogP) is 1.71. The van der Waals surface area contributed by atoms with Crippen LogP contribution in [0.15, 0.2) is 33.9 Å². The molecular formula is C12H13N3O5S. The Labute approximate surface area is 124 Å². The zero-order valence-electron chi connectivity index (χ0n) is 11.0. The lowest BCUT2D eigenvalue weighted by molar-refractivity contribution is -0.140. The number of hydrogen-bond donors (Lipinski definition) is 3. The highest BCUT2D eigenvalue weighted by Gasteiger charge is 2.18. The number of carboxylic acids is 2. The molecular weight excluding hydrogens is 298 g/mol. The van der Waals surface area contributed by atoms with Gasteiger partial charge in [0.25, 0.3) is 0 Å². The number of amides is 1. The first-order valence-corrected chi connectivity index (χ1v) is 6.70. The fourth-order valence-corrected chi connectivity index (χ4v) is 1.87. The van der Waals surface area contributed by atoms with Crippen molar-refractivity contribution in [1.29, 1.82) is 0 Å². The van der Waals surface area contributed by atoms with Gasteiger partial charge in [-0.1, -0.05) is 0 Å². The van der Waals surface area contributed by atoms with Crippen molar-refractivity contribution in [1.82, 2.24) is 5.32 Å². The Morgan fingerprint density at radius 1 is 1.24 bits per heavy atom. The molecule has 0 fully saturated rings. The Morgan fingerprint density at radius 3 is 2.33 bits per heavy atom. The zero-order chi connectivity index (χ0) is 15.8. The van der Waals surface area contributed by atoms with Crippen molar-refractivity contribution < 1.29 is 24.6 Å². The van der Waals surface area contributed by atoms with E-state index < -0.39 is 23.9 Å². The van der Waals surface area contributed by atoms with Gasteiger partial charge >= 0.3 is 11.9 Å². The Hall–Kier alpha value is -2.42. The van der Waals surface area contributed by atoms with Gasteiger partial charge in [0, 0.05) is 24.6 Å². The summed E-state index contributed by atoms with van der Waals surface area (Å²) in [4.78, 5) is 32.3. The molecule has 1 atom stereocenters. The number of carboxylic acid groups (broad SMARTS) is 2. The normalized spacial score (nSPS) is 12.0. The summed E-state index contributed by atoms with van der Waals surface area (Å²) < 4.78 is 3.73. The maximum atomic E-state index is 10.8. The summed E-state index contributed by atoms with van der Waals surface area (Å²) >= 11 is 0.883. The summed E-state index contributed by atoms with van der Waals surface area (Å²) in [5.41, 5.74) is 0.581. The highest BCUT2D eigenvalue weighted by Crippen LogP contribution is 2.16. The number of hydrogen-bond acceptors (Lipinski definition) is 6. The molecule has 3 N–H and O–H groups in total. The number of nitrogens with zero attached hydrogens (tertiary/aromatic N) is 2. The van der Waals surface area contributed by atoms with Gasteiger partial charge in [0.05, 0.1) is 11.3 Å². The second-order valence-electron chi connectivity index (χ2n) is 3.92. The van der Waals surface area contributed by atoms with E-state index in [1.165, 1.54) is 31.2 Å². The molecule has 8 nitrogen and oxygen atoms in total. The molecule has 9 heteroatoms. The van der Waals surface area contributed by atoms with Crippen LogP contribution in [0.3, 0.4) is 0 Å². The number of aromatic carboxylic acids is 1. The van der Waals surface area contributed by atoms with Crippen LogP contribution in [0.2, 0.25) is 0 Å². The molecule has 0 aliphatic heterocycles. The van der Waals surface area contributed by atoms with Gasteiger partial charge in [-0.2, -0.15) is 0 Å². The minimum Gasteiger partial charge on any atom is -0.480 e. The van der Waals surface area contributed by atoms with Crippen LogP contribution >= 0.6 is 11.9 Å². The SMILES string of the molecule is CC(=O)N[C@H](CSN=Nc1ccc(C(=O)O)cc1)C(=O)O. The summed E-state index contributed by atoms with van der Waals surface area (Å²) in [6, 6.07) is 4.70. The average Bonchev–Trinajstić information content (AvgIpc) is 2.42. The molecule has 0 saturated carbocycles. The Kier molecular flexibility index (Phi) is 6.34. The van der Waals surface area contributed by atoms with Gasteiger partial charge in [0.2, 0.25) is 5.91 Å². The molecule has 0 saturated heterocycles. The van der Waals surface area contributed by atoms with E-state index in [0.29, 0.717) is 5.69 Å². The van der Waals surface area contributed by atoms with Crippen LogP contribution in [-0.4, -0.2) is 39.9 Å². The molecule has 21 heavy (non-hydrogen) atoms. The van der Waals surface area contributed by atoms with E-state index in [4.69, 9.17) is 10.2 Å². The molecule has 1 aromatic carbocycles. The number of carbonyl (C=O) groups excluding carboxylic acids is 1. The second kappa shape index (κ2) is 8.00. The van der Waals surface area contributed by atoms with Crippen LogP contribution in [0.4, 0.5) is 5.69 Å². The quantitative estimate of drug-likeness (QED) is 0.519. The molecule has 0 aliphatic rings. The number of carbonyl (C=O) groups is 3. The Balaban J connectivity index is 2.51. The summed E-state index contributed by atoms with van der Waals surface area (Å²) in [7, 11) is 0. The Morgan fingerprint density at radius 2 is 1.86 bits per heavy atom. The summed E-state index contributed by atoms with van der Waals surface area (Å²) in [5.74, 6) is -2.60. The fraction of sp³-hybridized carbons (Fsp3) is 0.250. The summed E-state index contributed by atoms with van der Waals surface area (Å²) in [5, 5.41) is 23.7. The van der Waals surface area contributed by atoms with Crippen molar-refractivity contribution in [2.45, 2.75) is 13.0 Å². The van der Waals surface area contributed by atoms with E-state index in [-0.39, 0.29) is 11.3 Å². The van der Waals surface area contributed by atoms with Crippen LogP contribution in [0, 0.1) is 0 Å². The zero-order valence-corrected chi connectivity index (χ0v) is 11.8.